The lowest BCUT2D eigenvalue weighted by atomic mass is 10.0. The molecule has 0 fully saturated rings. The van der Waals surface area contributed by atoms with Crippen LogP contribution in [0.3, 0.4) is 0 Å². The quantitative estimate of drug-likeness (QED) is 0.134. The Labute approximate surface area is 224 Å². The Kier molecular flexibility index (Phi) is 12.5. The summed E-state index contributed by atoms with van der Waals surface area (Å²) in [5.41, 5.74) is 2.56. The van der Waals surface area contributed by atoms with Crippen molar-refractivity contribution in [3.05, 3.63) is 96.1 Å². The molecule has 0 aromatic heterocycles. The maximum absolute atomic E-state index is 6.09. The fourth-order valence-electron chi connectivity index (χ4n) is 4.24. The summed E-state index contributed by atoms with van der Waals surface area (Å²) in [7, 11) is 6.78. The summed E-state index contributed by atoms with van der Waals surface area (Å²) in [4.78, 5) is 0. The maximum atomic E-state index is 6.09. The summed E-state index contributed by atoms with van der Waals surface area (Å²) >= 11 is 0. The van der Waals surface area contributed by atoms with E-state index in [9.17, 15) is 0 Å². The van der Waals surface area contributed by atoms with Crippen molar-refractivity contribution in [3.8, 4) is 11.5 Å². The number of unbranched alkanes of at least 4 members (excludes halogenated alkanes) is 5. The van der Waals surface area contributed by atoms with Crippen LogP contribution in [-0.2, 0) is 17.8 Å². The number of hydrogen-bond acceptors (Lipinski definition) is 3. The van der Waals surface area contributed by atoms with Gasteiger partial charge >= 0.3 is 0 Å². The van der Waals surface area contributed by atoms with Crippen molar-refractivity contribution in [2.24, 2.45) is 0 Å². The number of nitrogens with zero attached hydrogens (tertiary/aromatic N) is 1. The van der Waals surface area contributed by atoms with Crippen LogP contribution in [0.2, 0.25) is 0 Å². The molecule has 37 heavy (non-hydrogen) atoms. The molecule has 1 atom stereocenters. The van der Waals surface area contributed by atoms with Crippen LogP contribution in [0.5, 0.6) is 11.5 Å². The molecule has 0 radical (unpaired) electrons. The van der Waals surface area contributed by atoms with Gasteiger partial charge in [0.2, 0.25) is 0 Å². The zero-order valence-corrected chi connectivity index (χ0v) is 23.1. The van der Waals surface area contributed by atoms with Crippen LogP contribution in [0.15, 0.2) is 84.9 Å². The van der Waals surface area contributed by atoms with Gasteiger partial charge in [0, 0.05) is 13.0 Å². The zero-order valence-electron chi connectivity index (χ0n) is 23.1. The molecule has 200 valence electrons. The molecular formula is C33H46NO3+. The Morgan fingerprint density at radius 1 is 0.568 bits per heavy atom. The van der Waals surface area contributed by atoms with Crippen LogP contribution in [0.1, 0.15) is 49.7 Å². The molecule has 0 amide bonds. The van der Waals surface area contributed by atoms with Crippen molar-refractivity contribution in [1.29, 1.82) is 0 Å². The Hall–Kier alpha value is -2.82. The third-order valence-corrected chi connectivity index (χ3v) is 6.74. The summed E-state index contributed by atoms with van der Waals surface area (Å²) < 4.78 is 18.7. The second kappa shape index (κ2) is 16.1. The van der Waals surface area contributed by atoms with Crippen molar-refractivity contribution in [2.45, 2.75) is 57.6 Å². The molecule has 1 unspecified atom stereocenters. The van der Waals surface area contributed by atoms with E-state index in [4.69, 9.17) is 14.2 Å². The van der Waals surface area contributed by atoms with Crippen molar-refractivity contribution >= 4 is 0 Å². The molecule has 3 aromatic carbocycles. The molecular weight excluding hydrogens is 458 g/mol. The first kappa shape index (κ1) is 28.7. The second-order valence-electron chi connectivity index (χ2n) is 10.8. The standard InChI is InChI=1S/C33H46NO3/c1-34(2,3)31(26-29-16-10-8-11-17-29)28-35-24-14-6-4-5-7-15-25-36-32-20-22-33(23-21-32)37-27-30-18-12-9-13-19-30/h8-13,16-23,31H,4-7,14-15,24-28H2,1-3H3/q+1. The minimum atomic E-state index is 0.473. The first-order valence-electron chi connectivity index (χ1n) is 13.8. The SMILES string of the molecule is C[N+](C)(C)C(COCCCCCCCCOc1ccc(OCc2ccccc2)cc1)Cc1ccccc1. The van der Waals surface area contributed by atoms with Gasteiger partial charge in [-0.15, -0.1) is 0 Å². The minimum absolute atomic E-state index is 0.473. The third-order valence-electron chi connectivity index (χ3n) is 6.74. The van der Waals surface area contributed by atoms with E-state index in [2.05, 4.69) is 63.6 Å². The van der Waals surface area contributed by atoms with Crippen LogP contribution in [0, 0.1) is 0 Å². The predicted molar refractivity (Wildman–Crippen MR) is 153 cm³/mol. The van der Waals surface area contributed by atoms with Crippen molar-refractivity contribution in [3.63, 3.8) is 0 Å². The topological polar surface area (TPSA) is 27.7 Å². The highest BCUT2D eigenvalue weighted by atomic mass is 16.5. The lowest BCUT2D eigenvalue weighted by Gasteiger charge is -2.34. The smallest absolute Gasteiger partial charge is 0.120 e. The predicted octanol–water partition coefficient (Wildman–Crippen LogP) is 7.32. The highest BCUT2D eigenvalue weighted by Crippen LogP contribution is 2.19. The Bertz CT molecular complexity index is 968. The van der Waals surface area contributed by atoms with Crippen LogP contribution >= 0.6 is 0 Å². The van der Waals surface area contributed by atoms with Crippen LogP contribution in [0.4, 0.5) is 0 Å². The van der Waals surface area contributed by atoms with E-state index in [0.29, 0.717) is 12.6 Å². The van der Waals surface area contributed by atoms with Gasteiger partial charge < -0.3 is 18.7 Å². The lowest BCUT2D eigenvalue weighted by molar-refractivity contribution is -0.896. The van der Waals surface area contributed by atoms with E-state index in [1.54, 1.807) is 0 Å². The number of quaternary nitrogens is 1. The van der Waals surface area contributed by atoms with Gasteiger partial charge in [-0.3, -0.25) is 0 Å². The number of ether oxygens (including phenoxy) is 3. The molecule has 0 bridgehead atoms. The van der Waals surface area contributed by atoms with E-state index in [1.165, 1.54) is 36.8 Å². The number of benzene rings is 3. The number of likely N-dealkylation sites (N-methyl/N-ethyl adjacent to an activating group) is 1. The minimum Gasteiger partial charge on any atom is -0.494 e. The van der Waals surface area contributed by atoms with E-state index >= 15 is 0 Å². The van der Waals surface area contributed by atoms with E-state index < -0.39 is 0 Å². The summed E-state index contributed by atoms with van der Waals surface area (Å²) in [5.74, 6) is 1.77. The molecule has 3 aromatic rings. The molecule has 0 saturated carbocycles. The molecule has 0 aliphatic heterocycles. The van der Waals surface area contributed by atoms with Crippen LogP contribution < -0.4 is 9.47 Å². The Morgan fingerprint density at radius 2 is 1.08 bits per heavy atom. The average molecular weight is 505 g/mol. The maximum Gasteiger partial charge on any atom is 0.120 e. The molecule has 3 rings (SSSR count). The summed E-state index contributed by atoms with van der Waals surface area (Å²) in [6.45, 7) is 3.02. The first-order valence-corrected chi connectivity index (χ1v) is 13.8. The molecule has 0 spiro atoms. The zero-order chi connectivity index (χ0) is 26.2. The molecule has 0 saturated heterocycles. The summed E-state index contributed by atoms with van der Waals surface area (Å²) in [6.07, 6.45) is 8.25. The average Bonchev–Trinajstić information content (AvgIpc) is 2.91. The lowest BCUT2D eigenvalue weighted by Crippen LogP contribution is -2.49. The second-order valence-corrected chi connectivity index (χ2v) is 10.8. The van der Waals surface area contributed by atoms with Gasteiger partial charge in [-0.05, 0) is 48.2 Å². The van der Waals surface area contributed by atoms with Gasteiger partial charge in [-0.1, -0.05) is 86.3 Å². The molecule has 0 N–H and O–H groups in total. The molecule has 0 heterocycles. The molecule has 0 aliphatic rings. The third kappa shape index (κ3) is 11.8. The van der Waals surface area contributed by atoms with Gasteiger partial charge in [-0.25, -0.2) is 0 Å². The van der Waals surface area contributed by atoms with Crippen LogP contribution in [0.25, 0.3) is 0 Å². The van der Waals surface area contributed by atoms with Gasteiger partial charge in [0.25, 0.3) is 0 Å². The first-order chi connectivity index (χ1) is 18.0. The van der Waals surface area contributed by atoms with E-state index in [0.717, 1.165) is 55.1 Å². The fraction of sp³-hybridized carbons (Fsp3) is 0.455. The highest BCUT2D eigenvalue weighted by molar-refractivity contribution is 5.31. The Morgan fingerprint density at radius 3 is 1.68 bits per heavy atom. The monoisotopic (exact) mass is 504 g/mol. The highest BCUT2D eigenvalue weighted by Gasteiger charge is 2.24. The van der Waals surface area contributed by atoms with Crippen LogP contribution in [-0.4, -0.2) is 51.5 Å². The molecule has 4 heteroatoms. The van der Waals surface area contributed by atoms with Gasteiger partial charge in [0.1, 0.15) is 24.1 Å². The fourth-order valence-corrected chi connectivity index (χ4v) is 4.24. The van der Waals surface area contributed by atoms with Gasteiger partial charge in [0.15, 0.2) is 0 Å². The van der Waals surface area contributed by atoms with E-state index in [1.807, 2.05) is 42.5 Å². The molecule has 0 aliphatic carbocycles. The van der Waals surface area contributed by atoms with Crippen molar-refractivity contribution < 1.29 is 18.7 Å². The van der Waals surface area contributed by atoms with Crippen molar-refractivity contribution in [1.82, 2.24) is 0 Å². The van der Waals surface area contributed by atoms with Gasteiger partial charge in [-0.2, -0.15) is 0 Å². The molecule has 4 nitrogen and oxygen atoms in total. The number of rotatable bonds is 18. The summed E-state index contributed by atoms with van der Waals surface area (Å²) in [6, 6.07) is 29.4. The van der Waals surface area contributed by atoms with Crippen molar-refractivity contribution in [2.75, 3.05) is 41.0 Å². The largest absolute Gasteiger partial charge is 0.494 e. The Balaban J connectivity index is 1.17. The van der Waals surface area contributed by atoms with Gasteiger partial charge in [0.05, 0.1) is 34.4 Å². The van der Waals surface area contributed by atoms with E-state index in [-0.39, 0.29) is 0 Å². The number of hydrogen-bond donors (Lipinski definition) is 0. The summed E-state index contributed by atoms with van der Waals surface area (Å²) in [5, 5.41) is 0. The normalized spacial score (nSPS) is 12.3.